The van der Waals surface area contributed by atoms with E-state index in [1.54, 1.807) is 11.8 Å². The molecular formula is C16H21N3O4S. The second kappa shape index (κ2) is 6.18. The lowest BCUT2D eigenvalue weighted by Gasteiger charge is -2.32. The molecule has 7 nitrogen and oxygen atoms in total. The third-order valence-electron chi connectivity index (χ3n) is 4.66. The first-order valence-corrected chi connectivity index (χ1v) is 9.51. The Morgan fingerprint density at radius 2 is 2.12 bits per heavy atom. The predicted molar refractivity (Wildman–Crippen MR) is 88.3 cm³/mol. The van der Waals surface area contributed by atoms with E-state index in [0.29, 0.717) is 18.7 Å². The molecule has 1 unspecified atom stereocenters. The summed E-state index contributed by atoms with van der Waals surface area (Å²) in [7, 11) is -1.98. The Balaban J connectivity index is 1.93. The van der Waals surface area contributed by atoms with E-state index in [9.17, 15) is 18.0 Å². The standard InChI is InChI=1S/C16H21N3O4S/c1-3-19-16(21)13-7-6-11(9-14(13)24(19,22)23)15(20)18-8-4-5-12(10-18)17-2/h6-7,9,12,17H,3-5,8,10H2,1-2H3. The first kappa shape index (κ1) is 16.9. The monoisotopic (exact) mass is 351 g/mol. The van der Waals surface area contributed by atoms with Gasteiger partial charge in [-0.1, -0.05) is 0 Å². The molecule has 1 atom stereocenters. The first-order valence-electron chi connectivity index (χ1n) is 8.07. The van der Waals surface area contributed by atoms with Crippen LogP contribution in [0.5, 0.6) is 0 Å². The molecule has 2 amide bonds. The van der Waals surface area contributed by atoms with Crippen molar-refractivity contribution in [1.29, 1.82) is 0 Å². The molecule has 0 spiro atoms. The van der Waals surface area contributed by atoms with Crippen molar-refractivity contribution in [3.05, 3.63) is 29.3 Å². The number of carbonyl (C=O) groups is 2. The van der Waals surface area contributed by atoms with Crippen LogP contribution in [0.3, 0.4) is 0 Å². The zero-order valence-corrected chi connectivity index (χ0v) is 14.6. The number of piperidine rings is 1. The van der Waals surface area contributed by atoms with E-state index < -0.39 is 15.9 Å². The minimum atomic E-state index is -3.85. The summed E-state index contributed by atoms with van der Waals surface area (Å²) in [5.41, 5.74) is 0.444. The number of likely N-dealkylation sites (N-methyl/N-ethyl adjacent to an activating group) is 1. The van der Waals surface area contributed by atoms with E-state index >= 15 is 0 Å². The van der Waals surface area contributed by atoms with E-state index in [-0.39, 0.29) is 29.0 Å². The second-order valence-corrected chi connectivity index (χ2v) is 7.90. The summed E-state index contributed by atoms with van der Waals surface area (Å²) < 4.78 is 25.7. The van der Waals surface area contributed by atoms with Gasteiger partial charge >= 0.3 is 0 Å². The van der Waals surface area contributed by atoms with Crippen molar-refractivity contribution in [2.24, 2.45) is 0 Å². The van der Waals surface area contributed by atoms with Gasteiger partial charge in [-0.05, 0) is 45.0 Å². The Bertz CT molecular complexity index is 791. The fourth-order valence-electron chi connectivity index (χ4n) is 3.30. The molecule has 3 rings (SSSR count). The number of carbonyl (C=O) groups excluding carboxylic acids is 2. The molecule has 1 fully saturated rings. The van der Waals surface area contributed by atoms with Gasteiger partial charge < -0.3 is 10.2 Å². The maximum Gasteiger partial charge on any atom is 0.268 e. The van der Waals surface area contributed by atoms with Gasteiger partial charge in [0.05, 0.1) is 5.56 Å². The van der Waals surface area contributed by atoms with Crippen molar-refractivity contribution < 1.29 is 18.0 Å². The molecule has 1 saturated heterocycles. The van der Waals surface area contributed by atoms with Crippen LogP contribution < -0.4 is 5.32 Å². The van der Waals surface area contributed by atoms with Crippen molar-refractivity contribution >= 4 is 21.8 Å². The van der Waals surface area contributed by atoms with Gasteiger partial charge in [0, 0.05) is 31.2 Å². The molecule has 130 valence electrons. The number of benzene rings is 1. The highest BCUT2D eigenvalue weighted by molar-refractivity contribution is 7.90. The van der Waals surface area contributed by atoms with Crippen LogP contribution in [0.1, 0.15) is 40.5 Å². The number of rotatable bonds is 3. The van der Waals surface area contributed by atoms with Crippen LogP contribution >= 0.6 is 0 Å². The van der Waals surface area contributed by atoms with Crippen LogP contribution in [0, 0.1) is 0 Å². The highest BCUT2D eigenvalue weighted by Crippen LogP contribution is 2.31. The van der Waals surface area contributed by atoms with Gasteiger partial charge in [-0.25, -0.2) is 12.7 Å². The summed E-state index contributed by atoms with van der Waals surface area (Å²) in [5.74, 6) is -0.727. The zero-order chi connectivity index (χ0) is 17.5. The summed E-state index contributed by atoms with van der Waals surface area (Å²) in [5, 5.41) is 3.17. The molecule has 0 saturated carbocycles. The average Bonchev–Trinajstić information content (AvgIpc) is 2.79. The van der Waals surface area contributed by atoms with Crippen molar-refractivity contribution in [2.75, 3.05) is 26.7 Å². The Hall–Kier alpha value is -1.93. The quantitative estimate of drug-likeness (QED) is 0.865. The van der Waals surface area contributed by atoms with Crippen LogP contribution in [0.4, 0.5) is 0 Å². The Labute approximate surface area is 141 Å². The number of nitrogens with zero attached hydrogens (tertiary/aromatic N) is 2. The summed E-state index contributed by atoms with van der Waals surface area (Å²) in [6.45, 7) is 2.94. The zero-order valence-electron chi connectivity index (χ0n) is 13.8. The highest BCUT2D eigenvalue weighted by atomic mass is 32.2. The van der Waals surface area contributed by atoms with Crippen LogP contribution in [0.2, 0.25) is 0 Å². The number of nitrogens with one attached hydrogen (secondary N) is 1. The number of sulfonamides is 1. The smallest absolute Gasteiger partial charge is 0.268 e. The van der Waals surface area contributed by atoms with Crippen LogP contribution in [0.15, 0.2) is 23.1 Å². The summed E-state index contributed by atoms with van der Waals surface area (Å²) in [6, 6.07) is 4.57. The highest BCUT2D eigenvalue weighted by Gasteiger charge is 2.40. The largest absolute Gasteiger partial charge is 0.337 e. The molecule has 0 bridgehead atoms. The summed E-state index contributed by atoms with van der Waals surface area (Å²) in [6.07, 6.45) is 1.92. The Kier molecular flexibility index (Phi) is 4.35. The maximum atomic E-state index is 12.7. The summed E-state index contributed by atoms with van der Waals surface area (Å²) in [4.78, 5) is 26.5. The third kappa shape index (κ3) is 2.59. The van der Waals surface area contributed by atoms with E-state index in [1.165, 1.54) is 18.2 Å². The maximum absolute atomic E-state index is 12.7. The van der Waals surface area contributed by atoms with E-state index in [2.05, 4.69) is 5.32 Å². The minimum Gasteiger partial charge on any atom is -0.337 e. The first-order chi connectivity index (χ1) is 11.4. The van der Waals surface area contributed by atoms with Crippen molar-refractivity contribution in [2.45, 2.75) is 30.7 Å². The molecule has 0 radical (unpaired) electrons. The lowest BCUT2D eigenvalue weighted by molar-refractivity contribution is 0.0697. The van der Waals surface area contributed by atoms with Gasteiger partial charge in [0.1, 0.15) is 4.90 Å². The average molecular weight is 351 g/mol. The van der Waals surface area contributed by atoms with Crippen molar-refractivity contribution in [1.82, 2.24) is 14.5 Å². The molecule has 2 heterocycles. The predicted octanol–water partition coefficient (Wildman–Crippen LogP) is 0.675. The summed E-state index contributed by atoms with van der Waals surface area (Å²) >= 11 is 0. The van der Waals surface area contributed by atoms with Gasteiger partial charge in [-0.3, -0.25) is 9.59 Å². The van der Waals surface area contributed by atoms with Crippen LogP contribution in [-0.4, -0.2) is 62.2 Å². The van der Waals surface area contributed by atoms with Gasteiger partial charge in [0.15, 0.2) is 0 Å². The lowest BCUT2D eigenvalue weighted by atomic mass is 10.0. The topological polar surface area (TPSA) is 86.8 Å². The molecule has 1 aromatic carbocycles. The van der Waals surface area contributed by atoms with E-state index in [0.717, 1.165) is 17.1 Å². The third-order valence-corrected chi connectivity index (χ3v) is 6.56. The number of fused-ring (bicyclic) bond motifs is 1. The van der Waals surface area contributed by atoms with Crippen molar-refractivity contribution in [3.63, 3.8) is 0 Å². The van der Waals surface area contributed by atoms with Crippen molar-refractivity contribution in [3.8, 4) is 0 Å². The molecule has 24 heavy (non-hydrogen) atoms. The molecule has 2 aliphatic heterocycles. The van der Waals surface area contributed by atoms with E-state index in [4.69, 9.17) is 0 Å². The fraction of sp³-hybridized carbons (Fsp3) is 0.500. The molecule has 2 aliphatic rings. The number of hydrogen-bond acceptors (Lipinski definition) is 5. The number of hydrogen-bond donors (Lipinski definition) is 1. The van der Waals surface area contributed by atoms with Crippen LogP contribution in [0.25, 0.3) is 0 Å². The lowest BCUT2D eigenvalue weighted by Crippen LogP contribution is -2.47. The normalized spacial score (nSPS) is 22.6. The van der Waals surface area contributed by atoms with Gasteiger partial charge in [-0.2, -0.15) is 0 Å². The molecule has 1 aromatic rings. The van der Waals surface area contributed by atoms with Crippen LogP contribution in [-0.2, 0) is 10.0 Å². The van der Waals surface area contributed by atoms with Gasteiger partial charge in [0.25, 0.3) is 21.8 Å². The van der Waals surface area contributed by atoms with Gasteiger partial charge in [-0.15, -0.1) is 0 Å². The molecule has 0 aromatic heterocycles. The number of amides is 2. The SMILES string of the molecule is CCN1C(=O)c2ccc(C(=O)N3CCCC(NC)C3)cc2S1(=O)=O. The Morgan fingerprint density at radius 3 is 2.79 bits per heavy atom. The minimum absolute atomic E-state index is 0.0672. The fourth-order valence-corrected chi connectivity index (χ4v) is 4.90. The van der Waals surface area contributed by atoms with Gasteiger partial charge in [0.2, 0.25) is 0 Å². The molecule has 1 N–H and O–H groups in total. The van der Waals surface area contributed by atoms with E-state index in [1.807, 2.05) is 7.05 Å². The second-order valence-electron chi connectivity index (χ2n) is 6.06. The number of likely N-dealkylation sites (tertiary alicyclic amines) is 1. The molecule has 0 aliphatic carbocycles. The molecular weight excluding hydrogens is 330 g/mol. The molecule has 8 heteroatoms. The Morgan fingerprint density at radius 1 is 1.38 bits per heavy atom.